The molecule has 1 aliphatic heterocycles. The monoisotopic (exact) mass is 225 g/mol. The molecule has 5 heteroatoms. The van der Waals surface area contributed by atoms with Crippen LogP contribution >= 0.6 is 0 Å². The highest BCUT2D eigenvalue weighted by atomic mass is 19.1. The predicted octanol–water partition coefficient (Wildman–Crippen LogP) is 1.77. The first kappa shape index (κ1) is 11.3. The SMILES string of the molecule is CCc1ncnc(NC2CCOC2C)c1F. The number of halogens is 1. The van der Waals surface area contributed by atoms with Crippen LogP contribution in [0.4, 0.5) is 10.2 Å². The molecule has 16 heavy (non-hydrogen) atoms. The fraction of sp³-hybridized carbons (Fsp3) is 0.636. The highest BCUT2D eigenvalue weighted by molar-refractivity contribution is 5.38. The number of ether oxygens (including phenoxy) is 1. The zero-order chi connectivity index (χ0) is 11.5. The molecule has 0 saturated carbocycles. The maximum atomic E-state index is 13.8. The normalized spacial score (nSPS) is 24.7. The molecule has 2 atom stereocenters. The van der Waals surface area contributed by atoms with Gasteiger partial charge in [-0.3, -0.25) is 0 Å². The van der Waals surface area contributed by atoms with Gasteiger partial charge in [-0.15, -0.1) is 0 Å². The zero-order valence-electron chi connectivity index (χ0n) is 9.53. The lowest BCUT2D eigenvalue weighted by Gasteiger charge is -2.17. The quantitative estimate of drug-likeness (QED) is 0.851. The molecule has 1 fully saturated rings. The molecule has 2 heterocycles. The standard InChI is InChI=1S/C11H16FN3O/c1-3-8-10(12)11(14-6-13-8)15-9-4-5-16-7(9)2/h6-7,9H,3-5H2,1-2H3,(H,13,14,15). The van der Waals surface area contributed by atoms with E-state index < -0.39 is 0 Å². The molecule has 0 bridgehead atoms. The lowest BCUT2D eigenvalue weighted by molar-refractivity contribution is 0.121. The Morgan fingerprint density at radius 1 is 1.56 bits per heavy atom. The highest BCUT2D eigenvalue weighted by Gasteiger charge is 2.25. The number of anilines is 1. The molecule has 1 aliphatic rings. The van der Waals surface area contributed by atoms with Gasteiger partial charge in [-0.25, -0.2) is 14.4 Å². The van der Waals surface area contributed by atoms with Gasteiger partial charge in [0.05, 0.1) is 17.8 Å². The van der Waals surface area contributed by atoms with Crippen molar-refractivity contribution in [3.8, 4) is 0 Å². The van der Waals surface area contributed by atoms with Crippen molar-refractivity contribution in [3.63, 3.8) is 0 Å². The first-order chi connectivity index (χ1) is 7.72. The lowest BCUT2D eigenvalue weighted by atomic mass is 10.1. The van der Waals surface area contributed by atoms with Gasteiger partial charge >= 0.3 is 0 Å². The second kappa shape index (κ2) is 4.74. The third-order valence-electron chi connectivity index (χ3n) is 2.89. The molecule has 0 amide bonds. The Morgan fingerprint density at radius 2 is 2.38 bits per heavy atom. The molecular formula is C11H16FN3O. The number of nitrogens with zero attached hydrogens (tertiary/aromatic N) is 2. The average molecular weight is 225 g/mol. The number of hydrogen-bond acceptors (Lipinski definition) is 4. The minimum atomic E-state index is -0.343. The van der Waals surface area contributed by atoms with Gasteiger partial charge in [0.1, 0.15) is 6.33 Å². The third-order valence-corrected chi connectivity index (χ3v) is 2.89. The number of hydrogen-bond donors (Lipinski definition) is 1. The van der Waals surface area contributed by atoms with Crippen molar-refractivity contribution in [1.29, 1.82) is 0 Å². The number of aryl methyl sites for hydroxylation is 1. The second-order valence-electron chi connectivity index (χ2n) is 3.95. The van der Waals surface area contributed by atoms with Crippen molar-refractivity contribution in [2.45, 2.75) is 38.8 Å². The summed E-state index contributed by atoms with van der Waals surface area (Å²) in [5, 5.41) is 3.08. The molecule has 2 unspecified atom stereocenters. The number of rotatable bonds is 3. The summed E-state index contributed by atoms with van der Waals surface area (Å²) in [6.45, 7) is 4.56. The lowest BCUT2D eigenvalue weighted by Crippen LogP contribution is -2.28. The molecule has 0 aliphatic carbocycles. The van der Waals surface area contributed by atoms with E-state index >= 15 is 0 Å². The van der Waals surface area contributed by atoms with E-state index in [1.807, 2.05) is 13.8 Å². The van der Waals surface area contributed by atoms with Crippen LogP contribution in [0, 0.1) is 5.82 Å². The van der Waals surface area contributed by atoms with Crippen molar-refractivity contribution < 1.29 is 9.13 Å². The molecule has 1 aromatic heterocycles. The van der Waals surface area contributed by atoms with Gasteiger partial charge in [0.25, 0.3) is 0 Å². The van der Waals surface area contributed by atoms with E-state index in [0.717, 1.165) is 6.42 Å². The molecule has 0 radical (unpaired) electrons. The van der Waals surface area contributed by atoms with Crippen molar-refractivity contribution >= 4 is 5.82 Å². The number of aromatic nitrogens is 2. The molecule has 2 rings (SSSR count). The van der Waals surface area contributed by atoms with Gasteiger partial charge in [-0.1, -0.05) is 6.92 Å². The summed E-state index contributed by atoms with van der Waals surface area (Å²) < 4.78 is 19.2. The summed E-state index contributed by atoms with van der Waals surface area (Å²) >= 11 is 0. The fourth-order valence-electron chi connectivity index (χ4n) is 1.85. The van der Waals surface area contributed by atoms with E-state index in [2.05, 4.69) is 15.3 Å². The van der Waals surface area contributed by atoms with E-state index in [0.29, 0.717) is 18.7 Å². The van der Waals surface area contributed by atoms with E-state index in [1.165, 1.54) is 6.33 Å². The average Bonchev–Trinajstić information content (AvgIpc) is 2.68. The van der Waals surface area contributed by atoms with Crippen molar-refractivity contribution in [3.05, 3.63) is 17.8 Å². The van der Waals surface area contributed by atoms with Crippen LogP contribution in [0.3, 0.4) is 0 Å². The van der Waals surface area contributed by atoms with Crippen molar-refractivity contribution in [2.24, 2.45) is 0 Å². The zero-order valence-corrected chi connectivity index (χ0v) is 9.53. The van der Waals surface area contributed by atoms with E-state index in [4.69, 9.17) is 4.74 Å². The van der Waals surface area contributed by atoms with Gasteiger partial charge in [-0.05, 0) is 19.8 Å². The molecule has 1 N–H and O–H groups in total. The predicted molar refractivity (Wildman–Crippen MR) is 58.8 cm³/mol. The maximum Gasteiger partial charge on any atom is 0.186 e. The first-order valence-electron chi connectivity index (χ1n) is 5.60. The molecular weight excluding hydrogens is 209 g/mol. The Balaban J connectivity index is 2.14. The summed E-state index contributed by atoms with van der Waals surface area (Å²) in [4.78, 5) is 7.83. The van der Waals surface area contributed by atoms with Gasteiger partial charge in [0.15, 0.2) is 11.6 Å². The van der Waals surface area contributed by atoms with Crippen LogP contribution in [0.1, 0.15) is 26.0 Å². The van der Waals surface area contributed by atoms with Crippen LogP contribution in [0.5, 0.6) is 0 Å². The number of nitrogens with one attached hydrogen (secondary N) is 1. The smallest absolute Gasteiger partial charge is 0.186 e. The van der Waals surface area contributed by atoms with Gasteiger partial charge in [0, 0.05) is 6.61 Å². The minimum absolute atomic E-state index is 0.0967. The van der Waals surface area contributed by atoms with Crippen LogP contribution in [0.15, 0.2) is 6.33 Å². The van der Waals surface area contributed by atoms with Crippen molar-refractivity contribution in [2.75, 3.05) is 11.9 Å². The second-order valence-corrected chi connectivity index (χ2v) is 3.95. The van der Waals surface area contributed by atoms with Crippen LogP contribution in [-0.2, 0) is 11.2 Å². The molecule has 1 aromatic rings. The van der Waals surface area contributed by atoms with Crippen molar-refractivity contribution in [1.82, 2.24) is 9.97 Å². The largest absolute Gasteiger partial charge is 0.376 e. The third kappa shape index (κ3) is 2.14. The summed E-state index contributed by atoms with van der Waals surface area (Å²) in [5.41, 5.74) is 0.448. The van der Waals surface area contributed by atoms with Gasteiger partial charge in [0.2, 0.25) is 0 Å². The Kier molecular flexibility index (Phi) is 3.33. The molecule has 1 saturated heterocycles. The minimum Gasteiger partial charge on any atom is -0.376 e. The maximum absolute atomic E-state index is 13.8. The Labute approximate surface area is 94.2 Å². The molecule has 88 valence electrons. The summed E-state index contributed by atoms with van der Waals surface area (Å²) in [5.74, 6) is -0.0571. The molecule has 0 spiro atoms. The highest BCUT2D eigenvalue weighted by Crippen LogP contribution is 2.20. The van der Waals surface area contributed by atoms with E-state index in [-0.39, 0.29) is 23.8 Å². The van der Waals surface area contributed by atoms with Crippen LogP contribution in [0.2, 0.25) is 0 Å². The Morgan fingerprint density at radius 3 is 3.00 bits per heavy atom. The summed E-state index contributed by atoms with van der Waals surface area (Å²) in [6, 6.07) is 0.133. The first-order valence-corrected chi connectivity index (χ1v) is 5.60. The van der Waals surface area contributed by atoms with Crippen LogP contribution in [-0.4, -0.2) is 28.7 Å². The van der Waals surface area contributed by atoms with E-state index in [9.17, 15) is 4.39 Å². The Bertz CT molecular complexity index is 372. The Hall–Kier alpha value is -1.23. The fourth-order valence-corrected chi connectivity index (χ4v) is 1.85. The summed E-state index contributed by atoms with van der Waals surface area (Å²) in [6.07, 6.45) is 2.94. The van der Waals surface area contributed by atoms with Crippen LogP contribution in [0.25, 0.3) is 0 Å². The molecule has 0 aromatic carbocycles. The van der Waals surface area contributed by atoms with E-state index in [1.54, 1.807) is 0 Å². The van der Waals surface area contributed by atoms with Crippen LogP contribution < -0.4 is 5.32 Å². The van der Waals surface area contributed by atoms with Gasteiger partial charge in [-0.2, -0.15) is 0 Å². The summed E-state index contributed by atoms with van der Waals surface area (Å²) in [7, 11) is 0. The van der Waals surface area contributed by atoms with Gasteiger partial charge < -0.3 is 10.1 Å². The topological polar surface area (TPSA) is 47.0 Å². The molecule has 4 nitrogen and oxygen atoms in total.